The molecular formula is C19H27N3O2. The standard InChI is InChI=1S/C19H27N3O2/c1-14-7-8-16(15(2)11-14)12-21(3)13-22-17(23)19(20-18(22)24)9-5-4-6-10-19/h7-8,11H,4-6,9-10,12-13H2,1-3H3,(H,20,24). The molecule has 0 atom stereocenters. The summed E-state index contributed by atoms with van der Waals surface area (Å²) in [7, 11) is 1.95. The van der Waals surface area contributed by atoms with Gasteiger partial charge in [-0.25, -0.2) is 9.69 Å². The van der Waals surface area contributed by atoms with Crippen LogP contribution in [-0.4, -0.2) is 41.0 Å². The molecule has 1 aromatic carbocycles. The molecule has 24 heavy (non-hydrogen) atoms. The first kappa shape index (κ1) is 17.0. The zero-order chi connectivity index (χ0) is 17.3. The van der Waals surface area contributed by atoms with Crippen LogP contribution in [0.5, 0.6) is 0 Å². The van der Waals surface area contributed by atoms with E-state index < -0.39 is 5.54 Å². The number of rotatable bonds is 4. The number of carbonyl (C=O) groups excluding carboxylic acids is 2. The van der Waals surface area contributed by atoms with Gasteiger partial charge in [-0.15, -0.1) is 0 Å². The Morgan fingerprint density at radius 2 is 1.88 bits per heavy atom. The molecule has 1 saturated carbocycles. The average molecular weight is 329 g/mol. The van der Waals surface area contributed by atoms with Gasteiger partial charge >= 0.3 is 6.03 Å². The number of nitrogens with zero attached hydrogens (tertiary/aromatic N) is 2. The first-order valence-electron chi connectivity index (χ1n) is 8.80. The lowest BCUT2D eigenvalue weighted by molar-refractivity contribution is -0.133. The zero-order valence-corrected chi connectivity index (χ0v) is 14.9. The van der Waals surface area contributed by atoms with Crippen molar-refractivity contribution in [2.75, 3.05) is 13.7 Å². The van der Waals surface area contributed by atoms with Gasteiger partial charge in [0.05, 0.1) is 6.67 Å². The van der Waals surface area contributed by atoms with Crippen LogP contribution in [0.25, 0.3) is 0 Å². The van der Waals surface area contributed by atoms with Crippen LogP contribution in [0.2, 0.25) is 0 Å². The lowest BCUT2D eigenvalue weighted by Crippen LogP contribution is -2.48. The molecule has 0 aromatic heterocycles. The predicted molar refractivity (Wildman–Crippen MR) is 93.4 cm³/mol. The molecule has 130 valence electrons. The number of urea groups is 1. The minimum atomic E-state index is -0.629. The molecule has 1 aliphatic heterocycles. The zero-order valence-electron chi connectivity index (χ0n) is 14.9. The highest BCUT2D eigenvalue weighted by Crippen LogP contribution is 2.33. The van der Waals surface area contributed by atoms with Crippen LogP contribution in [0, 0.1) is 13.8 Å². The van der Waals surface area contributed by atoms with Gasteiger partial charge < -0.3 is 5.32 Å². The smallest absolute Gasteiger partial charge is 0.323 e. The summed E-state index contributed by atoms with van der Waals surface area (Å²) in [6.07, 6.45) is 4.72. The lowest BCUT2D eigenvalue weighted by Gasteiger charge is -2.31. The van der Waals surface area contributed by atoms with Crippen molar-refractivity contribution in [2.45, 2.75) is 58.0 Å². The molecule has 5 heteroatoms. The van der Waals surface area contributed by atoms with E-state index in [1.54, 1.807) is 0 Å². The molecular weight excluding hydrogens is 302 g/mol. The summed E-state index contributed by atoms with van der Waals surface area (Å²) in [5.74, 6) is -0.0420. The third-order valence-electron chi connectivity index (χ3n) is 5.27. The van der Waals surface area contributed by atoms with Crippen LogP contribution in [0.3, 0.4) is 0 Å². The maximum absolute atomic E-state index is 12.8. The second kappa shape index (κ2) is 6.55. The minimum Gasteiger partial charge on any atom is -0.323 e. The molecule has 1 aliphatic carbocycles. The van der Waals surface area contributed by atoms with Gasteiger partial charge in [0.15, 0.2) is 0 Å². The second-order valence-electron chi connectivity index (χ2n) is 7.39. The first-order chi connectivity index (χ1) is 11.4. The molecule has 0 bridgehead atoms. The third-order valence-corrected chi connectivity index (χ3v) is 5.27. The fourth-order valence-corrected chi connectivity index (χ4v) is 3.90. The normalized spacial score (nSPS) is 20.1. The van der Waals surface area contributed by atoms with Crippen molar-refractivity contribution in [1.29, 1.82) is 0 Å². The number of imide groups is 1. The monoisotopic (exact) mass is 329 g/mol. The quantitative estimate of drug-likeness (QED) is 0.864. The Kier molecular flexibility index (Phi) is 4.63. The van der Waals surface area contributed by atoms with Gasteiger partial charge in [-0.05, 0) is 44.9 Å². The largest absolute Gasteiger partial charge is 0.326 e. The summed E-state index contributed by atoms with van der Waals surface area (Å²) in [6, 6.07) is 6.14. The molecule has 3 rings (SSSR count). The van der Waals surface area contributed by atoms with Crippen LogP contribution >= 0.6 is 0 Å². The molecule has 2 fully saturated rings. The Morgan fingerprint density at radius 1 is 1.17 bits per heavy atom. The molecule has 1 N–H and O–H groups in total. The van der Waals surface area contributed by atoms with E-state index in [-0.39, 0.29) is 11.9 Å². The van der Waals surface area contributed by atoms with E-state index in [0.717, 1.165) is 38.6 Å². The van der Waals surface area contributed by atoms with Crippen molar-refractivity contribution >= 4 is 11.9 Å². The Hall–Kier alpha value is -1.88. The predicted octanol–water partition coefficient (Wildman–Crippen LogP) is 2.95. The van der Waals surface area contributed by atoms with Gasteiger partial charge in [0.1, 0.15) is 5.54 Å². The van der Waals surface area contributed by atoms with Crippen molar-refractivity contribution in [3.8, 4) is 0 Å². The summed E-state index contributed by atoms with van der Waals surface area (Å²) < 4.78 is 0. The van der Waals surface area contributed by atoms with Gasteiger partial charge in [-0.1, -0.05) is 43.0 Å². The number of carbonyl (C=O) groups is 2. The summed E-state index contributed by atoms with van der Waals surface area (Å²) >= 11 is 0. The highest BCUT2D eigenvalue weighted by atomic mass is 16.2. The van der Waals surface area contributed by atoms with Gasteiger partial charge in [0.25, 0.3) is 5.91 Å². The molecule has 1 saturated heterocycles. The highest BCUT2D eigenvalue weighted by molar-refractivity contribution is 6.07. The fourth-order valence-electron chi connectivity index (χ4n) is 3.90. The first-order valence-corrected chi connectivity index (χ1v) is 8.80. The Bertz CT molecular complexity index is 650. The number of nitrogens with one attached hydrogen (secondary N) is 1. The van der Waals surface area contributed by atoms with E-state index in [4.69, 9.17) is 0 Å². The van der Waals surface area contributed by atoms with E-state index in [1.807, 2.05) is 11.9 Å². The van der Waals surface area contributed by atoms with Gasteiger partial charge in [-0.3, -0.25) is 9.69 Å². The molecule has 0 unspecified atom stereocenters. The van der Waals surface area contributed by atoms with Crippen molar-refractivity contribution < 1.29 is 9.59 Å². The van der Waals surface area contributed by atoms with Crippen LogP contribution in [0.4, 0.5) is 4.79 Å². The average Bonchev–Trinajstić information content (AvgIpc) is 2.75. The van der Waals surface area contributed by atoms with Gasteiger partial charge in [0.2, 0.25) is 0 Å². The van der Waals surface area contributed by atoms with Gasteiger partial charge in [-0.2, -0.15) is 0 Å². The summed E-state index contributed by atoms with van der Waals surface area (Å²) in [5, 5.41) is 2.97. The van der Waals surface area contributed by atoms with Crippen molar-refractivity contribution in [3.05, 3.63) is 34.9 Å². The fraction of sp³-hybridized carbons (Fsp3) is 0.579. The van der Waals surface area contributed by atoms with Crippen LogP contribution in [0.15, 0.2) is 18.2 Å². The van der Waals surface area contributed by atoms with Crippen molar-refractivity contribution in [1.82, 2.24) is 15.1 Å². The van der Waals surface area contributed by atoms with E-state index in [2.05, 4.69) is 37.4 Å². The molecule has 1 heterocycles. The maximum Gasteiger partial charge on any atom is 0.326 e. The van der Waals surface area contributed by atoms with Crippen LogP contribution in [0.1, 0.15) is 48.8 Å². The lowest BCUT2D eigenvalue weighted by atomic mass is 9.82. The number of hydrogen-bond donors (Lipinski definition) is 1. The van der Waals surface area contributed by atoms with E-state index in [1.165, 1.54) is 21.6 Å². The van der Waals surface area contributed by atoms with Crippen molar-refractivity contribution in [2.24, 2.45) is 0 Å². The molecule has 1 spiro atoms. The molecule has 2 aliphatic rings. The van der Waals surface area contributed by atoms with Crippen LogP contribution in [-0.2, 0) is 11.3 Å². The SMILES string of the molecule is Cc1ccc(CN(C)CN2C(=O)NC3(CCCCC3)C2=O)c(C)c1. The topological polar surface area (TPSA) is 52.6 Å². The van der Waals surface area contributed by atoms with E-state index in [9.17, 15) is 9.59 Å². The molecule has 1 aromatic rings. The molecule has 0 radical (unpaired) electrons. The second-order valence-corrected chi connectivity index (χ2v) is 7.39. The van der Waals surface area contributed by atoms with Gasteiger partial charge in [0, 0.05) is 6.54 Å². The summed E-state index contributed by atoms with van der Waals surface area (Å²) in [6.45, 7) is 5.23. The maximum atomic E-state index is 12.8. The van der Waals surface area contributed by atoms with Crippen molar-refractivity contribution in [3.63, 3.8) is 0 Å². The summed E-state index contributed by atoms with van der Waals surface area (Å²) in [5.41, 5.74) is 3.08. The van der Waals surface area contributed by atoms with Crippen LogP contribution < -0.4 is 5.32 Å². The Labute approximate surface area is 144 Å². The van der Waals surface area contributed by atoms with E-state index in [0.29, 0.717) is 6.67 Å². The highest BCUT2D eigenvalue weighted by Gasteiger charge is 2.51. The number of aryl methyl sites for hydroxylation is 2. The molecule has 3 amide bonds. The third kappa shape index (κ3) is 3.18. The number of amides is 3. The Morgan fingerprint density at radius 3 is 2.54 bits per heavy atom. The number of hydrogen-bond acceptors (Lipinski definition) is 3. The minimum absolute atomic E-state index is 0.0420. The molecule has 5 nitrogen and oxygen atoms in total. The Balaban J connectivity index is 1.66. The van der Waals surface area contributed by atoms with E-state index >= 15 is 0 Å². The summed E-state index contributed by atoms with van der Waals surface area (Å²) in [4.78, 5) is 28.5. The number of benzene rings is 1.